The number of carbonyl (C=O) groups excluding carboxylic acids is 1. The van der Waals surface area contributed by atoms with Crippen LogP contribution in [0.5, 0.6) is 0 Å². The number of ether oxygens (including phenoxy) is 1. The molecule has 6 rings (SSSR count). The van der Waals surface area contributed by atoms with Crippen LogP contribution in [0.3, 0.4) is 0 Å². The maximum absolute atomic E-state index is 13.6. The second kappa shape index (κ2) is 9.69. The monoisotopic (exact) mass is 518 g/mol. The molecule has 0 spiro atoms. The van der Waals surface area contributed by atoms with E-state index in [1.165, 1.54) is 0 Å². The first-order valence-electron chi connectivity index (χ1n) is 12.7. The first-order valence-corrected chi connectivity index (χ1v) is 12.7. The molecule has 198 valence electrons. The number of anilines is 3. The van der Waals surface area contributed by atoms with Crippen molar-refractivity contribution in [3.05, 3.63) is 42.2 Å². The summed E-state index contributed by atoms with van der Waals surface area (Å²) >= 11 is 0. The molecule has 1 amide bonds. The molecule has 0 bridgehead atoms. The number of nitrogens with one attached hydrogen (secondary N) is 1. The summed E-state index contributed by atoms with van der Waals surface area (Å²) in [6.45, 7) is 5.51. The van der Waals surface area contributed by atoms with Crippen molar-refractivity contribution in [3.8, 4) is 11.3 Å². The number of carbonyl (C=O) groups is 1. The van der Waals surface area contributed by atoms with Crippen molar-refractivity contribution < 1.29 is 19.1 Å². The molecule has 12 nitrogen and oxygen atoms in total. The zero-order valence-electron chi connectivity index (χ0n) is 21.4. The number of hydrogen-bond donors (Lipinski definition) is 2. The Labute approximate surface area is 219 Å². The van der Waals surface area contributed by atoms with Crippen LogP contribution in [0.4, 0.5) is 17.7 Å². The molecule has 38 heavy (non-hydrogen) atoms. The SMILES string of the molecule is Cn1cc(-c2cccc(NC(=O)c3cc4oc(N5CCOCC5)nc4nc3N3CCC(C)(O)CC3)n2)cn1. The summed E-state index contributed by atoms with van der Waals surface area (Å²) in [6, 6.07) is 7.61. The maximum Gasteiger partial charge on any atom is 0.300 e. The largest absolute Gasteiger partial charge is 0.422 e. The number of morpholine rings is 1. The van der Waals surface area contributed by atoms with E-state index in [0.717, 1.165) is 5.56 Å². The number of oxazole rings is 1. The highest BCUT2D eigenvalue weighted by molar-refractivity contribution is 6.08. The molecule has 0 saturated carbocycles. The number of fused-ring (bicyclic) bond motifs is 1. The van der Waals surface area contributed by atoms with Gasteiger partial charge in [-0.3, -0.25) is 9.48 Å². The highest BCUT2D eigenvalue weighted by Gasteiger charge is 2.31. The summed E-state index contributed by atoms with van der Waals surface area (Å²) in [5.41, 5.74) is 2.04. The molecule has 2 aliphatic heterocycles. The van der Waals surface area contributed by atoms with E-state index in [1.54, 1.807) is 23.0 Å². The van der Waals surface area contributed by atoms with Gasteiger partial charge in [0.15, 0.2) is 5.58 Å². The zero-order chi connectivity index (χ0) is 26.3. The molecule has 12 heteroatoms. The van der Waals surface area contributed by atoms with Crippen molar-refractivity contribution in [1.82, 2.24) is 24.7 Å². The Balaban J connectivity index is 1.34. The van der Waals surface area contributed by atoms with Crippen LogP contribution >= 0.6 is 0 Å². The fourth-order valence-electron chi connectivity index (χ4n) is 4.74. The minimum atomic E-state index is -0.739. The summed E-state index contributed by atoms with van der Waals surface area (Å²) in [5, 5.41) is 17.6. The van der Waals surface area contributed by atoms with Gasteiger partial charge in [-0.05, 0) is 31.9 Å². The summed E-state index contributed by atoms with van der Waals surface area (Å²) in [6.07, 6.45) is 4.73. The average molecular weight is 519 g/mol. The molecule has 2 fully saturated rings. The van der Waals surface area contributed by atoms with Crippen LogP contribution < -0.4 is 15.1 Å². The van der Waals surface area contributed by atoms with E-state index in [1.807, 2.05) is 42.1 Å². The Morgan fingerprint density at radius 1 is 1.08 bits per heavy atom. The van der Waals surface area contributed by atoms with Crippen molar-refractivity contribution in [2.45, 2.75) is 25.4 Å². The third-order valence-electron chi connectivity index (χ3n) is 7.01. The van der Waals surface area contributed by atoms with Gasteiger partial charge in [-0.1, -0.05) is 6.07 Å². The van der Waals surface area contributed by atoms with Gasteiger partial charge in [-0.15, -0.1) is 0 Å². The average Bonchev–Trinajstić information content (AvgIpc) is 3.54. The minimum Gasteiger partial charge on any atom is -0.422 e. The molecular formula is C26H30N8O4. The summed E-state index contributed by atoms with van der Waals surface area (Å²) in [5.74, 6) is 0.568. The number of amides is 1. The number of rotatable bonds is 5. The van der Waals surface area contributed by atoms with Crippen molar-refractivity contribution in [1.29, 1.82) is 0 Å². The van der Waals surface area contributed by atoms with Gasteiger partial charge in [-0.25, -0.2) is 9.97 Å². The quantitative estimate of drug-likeness (QED) is 0.406. The predicted molar refractivity (Wildman–Crippen MR) is 141 cm³/mol. The van der Waals surface area contributed by atoms with Crippen molar-refractivity contribution >= 4 is 34.8 Å². The van der Waals surface area contributed by atoms with Crippen LogP contribution in [0.1, 0.15) is 30.1 Å². The molecule has 0 radical (unpaired) electrons. The molecule has 2 aliphatic rings. The first-order chi connectivity index (χ1) is 18.3. The van der Waals surface area contributed by atoms with Crippen LogP contribution in [-0.2, 0) is 11.8 Å². The number of piperidine rings is 1. The Morgan fingerprint density at radius 2 is 1.87 bits per heavy atom. The van der Waals surface area contributed by atoms with Crippen molar-refractivity contribution in [3.63, 3.8) is 0 Å². The van der Waals surface area contributed by atoms with Gasteiger partial charge in [0.05, 0.1) is 36.3 Å². The van der Waals surface area contributed by atoms with E-state index in [2.05, 4.69) is 20.4 Å². The fourth-order valence-corrected chi connectivity index (χ4v) is 4.74. The lowest BCUT2D eigenvalue weighted by atomic mass is 9.93. The highest BCUT2D eigenvalue weighted by Crippen LogP contribution is 2.31. The van der Waals surface area contributed by atoms with Gasteiger partial charge in [-0.2, -0.15) is 10.1 Å². The molecule has 0 aliphatic carbocycles. The van der Waals surface area contributed by atoms with E-state index in [-0.39, 0.29) is 5.91 Å². The molecular weight excluding hydrogens is 488 g/mol. The third kappa shape index (κ3) is 4.92. The Morgan fingerprint density at radius 3 is 2.61 bits per heavy atom. The number of pyridine rings is 2. The summed E-state index contributed by atoms with van der Waals surface area (Å²) in [7, 11) is 1.84. The van der Waals surface area contributed by atoms with E-state index >= 15 is 0 Å². The van der Waals surface area contributed by atoms with Gasteiger partial charge in [0.1, 0.15) is 11.6 Å². The number of aromatic nitrogens is 5. The van der Waals surface area contributed by atoms with Gasteiger partial charge >= 0.3 is 0 Å². The normalized spacial score (nSPS) is 17.7. The van der Waals surface area contributed by atoms with Gasteiger partial charge in [0.25, 0.3) is 11.9 Å². The van der Waals surface area contributed by atoms with Gasteiger partial charge in [0, 0.05) is 51.1 Å². The van der Waals surface area contributed by atoms with Crippen LogP contribution in [0.2, 0.25) is 0 Å². The molecule has 0 unspecified atom stereocenters. The van der Waals surface area contributed by atoms with E-state index in [9.17, 15) is 9.90 Å². The fraction of sp³-hybridized carbons (Fsp3) is 0.423. The molecule has 0 aromatic carbocycles. The highest BCUT2D eigenvalue weighted by atomic mass is 16.5. The topological polar surface area (TPSA) is 135 Å². The van der Waals surface area contributed by atoms with Gasteiger partial charge in [0.2, 0.25) is 5.65 Å². The second-order valence-corrected chi connectivity index (χ2v) is 10.0. The lowest BCUT2D eigenvalue weighted by Gasteiger charge is -2.37. The lowest BCUT2D eigenvalue weighted by molar-refractivity contribution is 0.0350. The summed E-state index contributed by atoms with van der Waals surface area (Å²) < 4.78 is 13.2. The van der Waals surface area contributed by atoms with Crippen LogP contribution in [0.15, 0.2) is 41.1 Å². The molecule has 2 saturated heterocycles. The number of nitrogens with zero attached hydrogens (tertiary/aromatic N) is 7. The summed E-state index contributed by atoms with van der Waals surface area (Å²) in [4.78, 5) is 31.7. The molecule has 6 heterocycles. The van der Waals surface area contributed by atoms with E-state index in [0.29, 0.717) is 92.4 Å². The van der Waals surface area contributed by atoms with E-state index < -0.39 is 5.60 Å². The molecule has 4 aromatic rings. The zero-order valence-corrected chi connectivity index (χ0v) is 21.4. The minimum absolute atomic E-state index is 0.355. The van der Waals surface area contributed by atoms with E-state index in [4.69, 9.17) is 14.1 Å². The molecule has 2 N–H and O–H groups in total. The van der Waals surface area contributed by atoms with Crippen molar-refractivity contribution in [2.24, 2.45) is 7.05 Å². The number of aliphatic hydroxyl groups is 1. The Kier molecular flexibility index (Phi) is 6.20. The number of aryl methyl sites for hydroxylation is 1. The van der Waals surface area contributed by atoms with Gasteiger partial charge < -0.3 is 29.4 Å². The molecule has 0 atom stereocenters. The Bertz CT molecular complexity index is 1460. The molecule has 4 aromatic heterocycles. The first kappa shape index (κ1) is 24.3. The standard InChI is InChI=1S/C26H30N8O4/c1-26(36)6-8-33(9-7-26)23-18(14-20-22(30-23)31-25(38-20)34-10-12-37-13-11-34)24(35)29-21-5-3-4-19(28-21)17-15-27-32(2)16-17/h3-5,14-16,36H,6-13H2,1-2H3,(H,28,29,35). The van der Waals surface area contributed by atoms with Crippen LogP contribution in [0.25, 0.3) is 22.5 Å². The predicted octanol–water partition coefficient (Wildman–Crippen LogP) is 2.46. The van der Waals surface area contributed by atoms with Crippen LogP contribution in [0, 0.1) is 0 Å². The maximum atomic E-state index is 13.6. The number of hydrogen-bond acceptors (Lipinski definition) is 10. The smallest absolute Gasteiger partial charge is 0.300 e. The second-order valence-electron chi connectivity index (χ2n) is 10.0. The Hall–Kier alpha value is -4.03. The third-order valence-corrected chi connectivity index (χ3v) is 7.01. The van der Waals surface area contributed by atoms with Crippen LogP contribution in [-0.4, -0.2) is 80.7 Å². The van der Waals surface area contributed by atoms with Crippen molar-refractivity contribution in [2.75, 3.05) is 54.5 Å². The lowest BCUT2D eigenvalue weighted by Crippen LogP contribution is -2.43.